The minimum Gasteiger partial charge on any atom is -0.375 e. The number of benzene rings is 7. The van der Waals surface area contributed by atoms with Crippen molar-refractivity contribution in [2.75, 3.05) is 105 Å². The number of rotatable bonds is 21. The summed E-state index contributed by atoms with van der Waals surface area (Å²) in [6.07, 6.45) is 17.6. The third-order valence-electron chi connectivity index (χ3n) is 20.6. The molecule has 0 saturated carbocycles. The van der Waals surface area contributed by atoms with Gasteiger partial charge in [-0.2, -0.15) is 0 Å². The van der Waals surface area contributed by atoms with E-state index < -0.39 is 9.71 Å². The van der Waals surface area contributed by atoms with Crippen LogP contribution in [0.4, 0.5) is 35.3 Å². The number of piperidine rings is 3. The topological polar surface area (TPSA) is 374 Å². The second-order valence-electron chi connectivity index (χ2n) is 30.1. The van der Waals surface area contributed by atoms with Crippen molar-refractivity contribution in [2.45, 2.75) is 45.4 Å². The third kappa shape index (κ3) is 26.1. The summed E-state index contributed by atoms with van der Waals surface area (Å²) in [5.41, 5.74) is 12.3. The number of carbonyl (C=O) groups excluding carboxylic acids is 6. The van der Waals surface area contributed by atoms with E-state index in [9.17, 15) is 33.0 Å². The molecular weight excluding hydrogens is 1620 g/mol. The number of likely N-dealkylation sites (tertiary alicyclic amines) is 2. The lowest BCUT2D eigenvalue weighted by Gasteiger charge is -2.32. The number of aromatic nitrogens is 7. The maximum absolute atomic E-state index is 12.5. The largest absolute Gasteiger partial charge is 0.375 e. The average Bonchev–Trinajstić information content (AvgIpc) is 1.70. The molecule has 6 amide bonds. The number of amides is 6. The Kier molecular flexibility index (Phi) is 32.6. The Morgan fingerprint density at radius 3 is 0.960 bits per heavy atom. The fourth-order valence-corrected chi connectivity index (χ4v) is 14.7. The Bertz CT molecular complexity index is 5770. The quantitative estimate of drug-likeness (QED) is 0.0364. The summed E-state index contributed by atoms with van der Waals surface area (Å²) < 4.78 is 44.8. The molecule has 30 nitrogen and oxygen atoms in total. The normalized spacial score (nSPS) is 14.0. The smallest absolute Gasteiger partial charge is 0.276 e. The lowest BCUT2D eigenvalue weighted by Crippen LogP contribution is -2.40. The maximum Gasteiger partial charge on any atom is 0.276 e. The number of pyridine rings is 1. The minimum atomic E-state index is -2.19. The number of nitrogens with zero attached hydrogens (tertiary/aromatic N) is 11. The van der Waals surface area contributed by atoms with E-state index in [1.807, 2.05) is 226 Å². The van der Waals surface area contributed by atoms with Gasteiger partial charge in [0.2, 0.25) is 58.9 Å². The standard InChI is InChI=1S/C18H21N3O2.C17H21N3O3S.C16H19N3O2.C16H12N2O2.C15H11N3O2.C13H15N3O2/c1-13(2)21-10-8-15(9-11-21)17(22)20-18-16(12-19-23-18)14-6-4-3-5-7-14;1-24(2,22)20-10-8-14(9-11-20)16(21)19-17-15(12-18-23-17)13-6-4-3-5-7-13;1-19-9-7-13(8-10-19)15(20)18-16-14(11-17-21-16)12-5-3-2-4-6-12;19-15(13-9-5-2-6-10-13)18-16-14(11-17-20-16)12-7-3-1-4-8-12;19-14(13-8-4-5-9-16-13)18-15-12(10-17-20-15)11-6-2-1-3-7-11;1-16(2)9-12(17)15-13-11(8-14-18-13)10-6-4-3-5-7-10/h3-7,12,15H,1,8-11H2,2H3,(H,20,22);3-7,12,14H,1,8-11H2,2H3,(H,19,21);2-6,11,13H,7-10H2,1H3,(H,18,20);1-11H,(H,18,19);1-10H,(H,18,19);3-8H,9H2,1-2H3,(H,15,17). The van der Waals surface area contributed by atoms with Gasteiger partial charge in [0.1, 0.15) is 5.69 Å². The second kappa shape index (κ2) is 45.4. The van der Waals surface area contributed by atoms with E-state index in [0.717, 1.165) is 124 Å². The fourth-order valence-electron chi connectivity index (χ4n) is 13.7. The van der Waals surface area contributed by atoms with Crippen molar-refractivity contribution in [1.29, 1.82) is 0 Å². The van der Waals surface area contributed by atoms with Crippen LogP contribution in [0.2, 0.25) is 0 Å². The molecule has 3 saturated heterocycles. The van der Waals surface area contributed by atoms with Gasteiger partial charge in [0, 0.05) is 77.4 Å². The Morgan fingerprint density at radius 1 is 0.389 bits per heavy atom. The van der Waals surface area contributed by atoms with Gasteiger partial charge in [-0.3, -0.25) is 69.9 Å². The SMILES string of the molecule is C=C(C)N1CCC(C(=O)Nc2oncc2-c2ccccc2)CC1.C=S(C)(=O)N1CCC(C(=O)Nc2oncc2-c2ccccc2)CC1.CN(C)CC(=O)Nc1oncc1-c1ccccc1.CN1CCC(C(=O)Nc2oncc2-c2ccccc2)CC1.O=C(Nc1oncc1-c1ccccc1)c1ccccc1.O=C(Nc1oncc1-c1ccccc1)c1ccccn1. The highest BCUT2D eigenvalue weighted by Crippen LogP contribution is 2.35. The first-order valence-electron chi connectivity index (χ1n) is 40.8. The highest BCUT2D eigenvalue weighted by molar-refractivity contribution is 7.97. The molecule has 0 radical (unpaired) electrons. The molecule has 3 aliphatic rings. The first-order valence-corrected chi connectivity index (χ1v) is 42.9. The Balaban J connectivity index is 0.000000138. The second-order valence-corrected chi connectivity index (χ2v) is 32.5. The van der Waals surface area contributed by atoms with Crippen LogP contribution in [0.25, 0.3) is 66.8 Å². The van der Waals surface area contributed by atoms with E-state index in [1.54, 1.807) is 84.9 Å². The van der Waals surface area contributed by atoms with Crippen molar-refractivity contribution < 1.29 is 60.1 Å². The molecule has 3 fully saturated rings. The van der Waals surface area contributed by atoms with Crippen LogP contribution in [0, 0.1) is 17.8 Å². The van der Waals surface area contributed by atoms with Crippen LogP contribution in [0.1, 0.15) is 66.3 Å². The Morgan fingerprint density at radius 2 is 0.667 bits per heavy atom. The molecule has 6 N–H and O–H groups in total. The summed E-state index contributed by atoms with van der Waals surface area (Å²) in [4.78, 5) is 83.4. The van der Waals surface area contributed by atoms with E-state index in [-0.39, 0.29) is 53.2 Å². The predicted molar refractivity (Wildman–Crippen MR) is 486 cm³/mol. The van der Waals surface area contributed by atoms with Crippen molar-refractivity contribution in [1.82, 2.24) is 54.9 Å². The summed E-state index contributed by atoms with van der Waals surface area (Å²) >= 11 is 0. The van der Waals surface area contributed by atoms with E-state index in [0.29, 0.717) is 79.0 Å². The number of hydrogen-bond acceptors (Lipinski definition) is 23. The Labute approximate surface area is 729 Å². The number of carbonyl (C=O) groups is 6. The van der Waals surface area contributed by atoms with Crippen molar-refractivity contribution in [2.24, 2.45) is 17.8 Å². The van der Waals surface area contributed by atoms with Gasteiger partial charge in [-0.1, -0.05) is 244 Å². The number of nitrogens with one attached hydrogen (secondary N) is 6. The molecule has 10 heterocycles. The molecule has 1 atom stereocenters. The fraction of sp³-hybridized carbons (Fsp3) is 0.221. The zero-order chi connectivity index (χ0) is 88.6. The molecule has 3 aliphatic heterocycles. The molecule has 1 unspecified atom stereocenters. The Hall–Kier alpha value is -14.8. The highest BCUT2D eigenvalue weighted by Gasteiger charge is 2.31. The number of anilines is 6. The van der Waals surface area contributed by atoms with Crippen LogP contribution in [0.15, 0.2) is 313 Å². The molecule has 0 spiro atoms. The summed E-state index contributed by atoms with van der Waals surface area (Å²) in [5.74, 6) is 5.14. The van der Waals surface area contributed by atoms with Crippen LogP contribution in [-0.4, -0.2) is 174 Å². The van der Waals surface area contributed by atoms with Crippen molar-refractivity contribution >= 4 is 86.3 Å². The summed E-state index contributed by atoms with van der Waals surface area (Å²) in [6, 6.07) is 72.2. The number of hydrogen-bond donors (Lipinski definition) is 6. The van der Waals surface area contributed by atoms with Gasteiger partial charge in [-0.05, 0) is 143 Å². The van der Waals surface area contributed by atoms with Crippen molar-refractivity contribution in [3.63, 3.8) is 0 Å². The first kappa shape index (κ1) is 90.4. The van der Waals surface area contributed by atoms with Gasteiger partial charge < -0.3 is 41.8 Å². The molecule has 14 aromatic rings. The monoisotopic (exact) mass is 1720 g/mol. The van der Waals surface area contributed by atoms with E-state index in [1.165, 1.54) is 0 Å². The minimum absolute atomic E-state index is 0.000274. The molecular formula is C95H99N17O13S. The van der Waals surface area contributed by atoms with Crippen LogP contribution >= 0.6 is 0 Å². The van der Waals surface area contributed by atoms with Gasteiger partial charge in [0.25, 0.3) is 11.8 Å². The van der Waals surface area contributed by atoms with Gasteiger partial charge in [0.15, 0.2) is 0 Å². The maximum atomic E-state index is 12.5. The number of allylic oxidation sites excluding steroid dienone is 1. The van der Waals surface area contributed by atoms with E-state index in [2.05, 4.69) is 97.1 Å². The van der Waals surface area contributed by atoms with Gasteiger partial charge in [-0.15, -0.1) is 0 Å². The van der Waals surface area contributed by atoms with Crippen LogP contribution in [0.3, 0.4) is 0 Å². The lowest BCUT2D eigenvalue weighted by atomic mass is 9.95. The van der Waals surface area contributed by atoms with E-state index >= 15 is 0 Å². The average molecular weight is 1720 g/mol. The molecule has 0 aliphatic carbocycles. The summed E-state index contributed by atoms with van der Waals surface area (Å²) in [7, 11) is 3.55. The first-order chi connectivity index (χ1) is 61.2. The molecule has 31 heteroatoms. The predicted octanol–water partition coefficient (Wildman–Crippen LogP) is 16.8. The van der Waals surface area contributed by atoms with Gasteiger partial charge >= 0.3 is 0 Å². The zero-order valence-electron chi connectivity index (χ0n) is 70.5. The van der Waals surface area contributed by atoms with Crippen LogP contribution in [0.5, 0.6) is 0 Å². The van der Waals surface area contributed by atoms with Gasteiger partial charge in [0.05, 0.1) is 77.1 Å². The molecule has 7 aromatic carbocycles. The third-order valence-corrected chi connectivity index (χ3v) is 22.1. The van der Waals surface area contributed by atoms with Gasteiger partial charge in [-0.25, -0.2) is 4.31 Å². The number of likely N-dealkylation sites (N-methyl/N-ethyl adjacent to an activating group) is 1. The molecule has 17 rings (SSSR count). The lowest BCUT2D eigenvalue weighted by molar-refractivity contribution is -0.122. The highest BCUT2D eigenvalue weighted by atomic mass is 32.2. The van der Waals surface area contributed by atoms with Crippen LogP contribution < -0.4 is 31.9 Å². The van der Waals surface area contributed by atoms with Crippen molar-refractivity contribution in [3.8, 4) is 66.8 Å². The summed E-state index contributed by atoms with van der Waals surface area (Å²) in [6.45, 7) is 11.1. The summed E-state index contributed by atoms with van der Waals surface area (Å²) in [5, 5.41) is 39.4. The molecule has 7 aromatic heterocycles. The molecule has 0 bridgehead atoms. The zero-order valence-corrected chi connectivity index (χ0v) is 71.3. The van der Waals surface area contributed by atoms with Crippen LogP contribution in [-0.2, 0) is 28.9 Å². The molecule has 126 heavy (non-hydrogen) atoms. The van der Waals surface area contributed by atoms with E-state index in [4.69, 9.17) is 27.1 Å². The van der Waals surface area contributed by atoms with Crippen molar-refractivity contribution in [3.05, 3.63) is 297 Å². The molecule has 648 valence electrons.